The molecule has 0 spiro atoms. The number of hydrogen-bond donors (Lipinski definition) is 1. The SMILES string of the molecule is CN=C(NCc1ccc(S(C)(=O)=O)cc1)N1CCN(c2ccc(F)cc2)CC1. The van der Waals surface area contributed by atoms with Gasteiger partial charge in [-0.15, -0.1) is 0 Å². The quantitative estimate of drug-likeness (QED) is 0.625. The molecule has 0 aliphatic carbocycles. The normalized spacial score (nSPS) is 15.6. The molecule has 1 aliphatic heterocycles. The maximum absolute atomic E-state index is 13.1. The fourth-order valence-electron chi connectivity index (χ4n) is 3.20. The van der Waals surface area contributed by atoms with Crippen LogP contribution in [0, 0.1) is 5.82 Å². The Morgan fingerprint density at radius 2 is 1.64 bits per heavy atom. The van der Waals surface area contributed by atoms with Gasteiger partial charge in [-0.05, 0) is 42.0 Å². The van der Waals surface area contributed by atoms with E-state index in [1.165, 1.54) is 18.4 Å². The number of anilines is 1. The number of rotatable bonds is 4. The number of guanidine groups is 1. The smallest absolute Gasteiger partial charge is 0.194 e. The van der Waals surface area contributed by atoms with E-state index in [2.05, 4.69) is 20.1 Å². The molecule has 0 atom stereocenters. The van der Waals surface area contributed by atoms with Crippen molar-refractivity contribution in [3.63, 3.8) is 0 Å². The summed E-state index contributed by atoms with van der Waals surface area (Å²) in [5, 5.41) is 3.33. The van der Waals surface area contributed by atoms with Crippen LogP contribution in [0.1, 0.15) is 5.56 Å². The van der Waals surface area contributed by atoms with Crippen molar-refractivity contribution in [2.45, 2.75) is 11.4 Å². The van der Waals surface area contributed by atoms with Crippen LogP contribution in [0.15, 0.2) is 58.4 Å². The van der Waals surface area contributed by atoms with Crippen LogP contribution in [0.4, 0.5) is 10.1 Å². The van der Waals surface area contributed by atoms with Crippen LogP contribution in [0.5, 0.6) is 0 Å². The monoisotopic (exact) mass is 404 g/mol. The molecule has 1 aliphatic rings. The summed E-state index contributed by atoms with van der Waals surface area (Å²) in [5.41, 5.74) is 2.01. The van der Waals surface area contributed by atoms with Crippen molar-refractivity contribution in [2.24, 2.45) is 4.99 Å². The molecule has 8 heteroatoms. The number of sulfone groups is 1. The van der Waals surface area contributed by atoms with Gasteiger partial charge in [0.2, 0.25) is 0 Å². The number of aliphatic imine (C=N–C) groups is 1. The highest BCUT2D eigenvalue weighted by Gasteiger charge is 2.19. The van der Waals surface area contributed by atoms with Crippen LogP contribution in [0.3, 0.4) is 0 Å². The van der Waals surface area contributed by atoms with Gasteiger partial charge in [0.1, 0.15) is 5.82 Å². The van der Waals surface area contributed by atoms with Crippen LogP contribution in [0.2, 0.25) is 0 Å². The van der Waals surface area contributed by atoms with E-state index in [0.717, 1.165) is 43.4 Å². The molecule has 0 unspecified atom stereocenters. The van der Waals surface area contributed by atoms with Crippen LogP contribution in [0.25, 0.3) is 0 Å². The minimum Gasteiger partial charge on any atom is -0.368 e. The molecule has 0 bridgehead atoms. The van der Waals surface area contributed by atoms with E-state index in [4.69, 9.17) is 0 Å². The van der Waals surface area contributed by atoms with Crippen molar-refractivity contribution < 1.29 is 12.8 Å². The van der Waals surface area contributed by atoms with Gasteiger partial charge in [-0.2, -0.15) is 0 Å². The third-order valence-corrected chi connectivity index (χ3v) is 5.91. The molecule has 0 amide bonds. The minimum atomic E-state index is -3.18. The van der Waals surface area contributed by atoms with E-state index < -0.39 is 9.84 Å². The highest BCUT2D eigenvalue weighted by atomic mass is 32.2. The molecule has 1 saturated heterocycles. The van der Waals surface area contributed by atoms with Gasteiger partial charge in [0, 0.05) is 51.7 Å². The summed E-state index contributed by atoms with van der Waals surface area (Å²) in [6.07, 6.45) is 1.20. The standard InChI is InChI=1S/C20H25FN4O2S/c1-22-20(23-15-16-3-9-19(10-4-16)28(2,26)27)25-13-11-24(12-14-25)18-7-5-17(21)6-8-18/h3-10H,11-15H2,1-2H3,(H,22,23). The molecule has 150 valence electrons. The maximum Gasteiger partial charge on any atom is 0.194 e. The first kappa shape index (κ1) is 20.1. The number of halogens is 1. The summed E-state index contributed by atoms with van der Waals surface area (Å²) in [6, 6.07) is 13.4. The Labute approximate surface area is 165 Å². The Hall–Kier alpha value is -2.61. The van der Waals surface area contributed by atoms with Gasteiger partial charge >= 0.3 is 0 Å². The molecule has 2 aromatic rings. The number of hydrogen-bond acceptors (Lipinski definition) is 4. The average molecular weight is 405 g/mol. The van der Waals surface area contributed by atoms with Crippen molar-refractivity contribution in [2.75, 3.05) is 44.4 Å². The van der Waals surface area contributed by atoms with Crippen molar-refractivity contribution in [1.82, 2.24) is 10.2 Å². The number of nitrogens with zero attached hydrogens (tertiary/aromatic N) is 3. The van der Waals surface area contributed by atoms with Gasteiger partial charge in [0.15, 0.2) is 15.8 Å². The highest BCUT2D eigenvalue weighted by Crippen LogP contribution is 2.17. The molecule has 6 nitrogen and oxygen atoms in total. The zero-order valence-electron chi connectivity index (χ0n) is 16.1. The summed E-state index contributed by atoms with van der Waals surface area (Å²) in [7, 11) is -1.43. The first-order valence-corrected chi connectivity index (χ1v) is 11.0. The molecule has 1 fully saturated rings. The molecule has 1 heterocycles. The Bertz CT molecular complexity index is 920. The van der Waals surface area contributed by atoms with Crippen molar-refractivity contribution in [3.8, 4) is 0 Å². The fraction of sp³-hybridized carbons (Fsp3) is 0.350. The average Bonchev–Trinajstić information content (AvgIpc) is 2.69. The zero-order chi connectivity index (χ0) is 20.1. The van der Waals surface area contributed by atoms with E-state index in [0.29, 0.717) is 11.4 Å². The zero-order valence-corrected chi connectivity index (χ0v) is 16.9. The van der Waals surface area contributed by atoms with Gasteiger partial charge in [-0.3, -0.25) is 4.99 Å². The number of benzene rings is 2. The largest absolute Gasteiger partial charge is 0.368 e. The van der Waals surface area contributed by atoms with Crippen molar-refractivity contribution >= 4 is 21.5 Å². The molecule has 28 heavy (non-hydrogen) atoms. The molecular formula is C20H25FN4O2S. The van der Waals surface area contributed by atoms with E-state index in [1.807, 2.05) is 12.1 Å². The molecule has 0 radical (unpaired) electrons. The van der Waals surface area contributed by atoms with E-state index >= 15 is 0 Å². The Morgan fingerprint density at radius 1 is 1.04 bits per heavy atom. The summed E-state index contributed by atoms with van der Waals surface area (Å²) in [4.78, 5) is 9.09. The first-order chi connectivity index (χ1) is 13.4. The van der Waals surface area contributed by atoms with Crippen molar-refractivity contribution in [1.29, 1.82) is 0 Å². The van der Waals surface area contributed by atoms with Crippen molar-refractivity contribution in [3.05, 3.63) is 59.9 Å². The second-order valence-electron chi connectivity index (χ2n) is 6.77. The van der Waals surface area contributed by atoms with Crippen LogP contribution in [-0.4, -0.2) is 58.8 Å². The molecule has 0 aromatic heterocycles. The predicted molar refractivity (Wildman–Crippen MR) is 110 cm³/mol. The molecule has 2 aromatic carbocycles. The van der Waals surface area contributed by atoms with E-state index in [1.54, 1.807) is 31.3 Å². The third kappa shape index (κ3) is 5.01. The molecular weight excluding hydrogens is 379 g/mol. The summed E-state index contributed by atoms with van der Waals surface area (Å²) in [5.74, 6) is 0.586. The number of nitrogens with one attached hydrogen (secondary N) is 1. The van der Waals surface area contributed by atoms with E-state index in [9.17, 15) is 12.8 Å². The lowest BCUT2D eigenvalue weighted by molar-refractivity contribution is 0.372. The van der Waals surface area contributed by atoms with Gasteiger partial charge < -0.3 is 15.1 Å². The van der Waals surface area contributed by atoms with Gasteiger partial charge in [-0.1, -0.05) is 12.1 Å². The third-order valence-electron chi connectivity index (χ3n) is 4.78. The molecule has 3 rings (SSSR count). The highest BCUT2D eigenvalue weighted by molar-refractivity contribution is 7.90. The minimum absolute atomic E-state index is 0.225. The molecule has 0 saturated carbocycles. The second-order valence-corrected chi connectivity index (χ2v) is 8.78. The van der Waals surface area contributed by atoms with Crippen LogP contribution < -0.4 is 10.2 Å². The number of piperazine rings is 1. The van der Waals surface area contributed by atoms with Crippen LogP contribution in [-0.2, 0) is 16.4 Å². The summed E-state index contributed by atoms with van der Waals surface area (Å²) >= 11 is 0. The molecule has 1 N–H and O–H groups in total. The Morgan fingerprint density at radius 3 is 2.18 bits per heavy atom. The first-order valence-electron chi connectivity index (χ1n) is 9.12. The summed E-state index contributed by atoms with van der Waals surface area (Å²) in [6.45, 7) is 3.84. The fourth-order valence-corrected chi connectivity index (χ4v) is 3.83. The lowest BCUT2D eigenvalue weighted by Crippen LogP contribution is -2.52. The predicted octanol–water partition coefficient (Wildman–Crippen LogP) is 2.13. The van der Waals surface area contributed by atoms with Gasteiger partial charge in [-0.25, -0.2) is 12.8 Å². The Kier molecular flexibility index (Phi) is 6.18. The lowest BCUT2D eigenvalue weighted by Gasteiger charge is -2.37. The Balaban J connectivity index is 1.54. The second kappa shape index (κ2) is 8.60. The summed E-state index contributed by atoms with van der Waals surface area (Å²) < 4.78 is 36.2. The topological polar surface area (TPSA) is 65.0 Å². The van der Waals surface area contributed by atoms with E-state index in [-0.39, 0.29) is 5.82 Å². The van der Waals surface area contributed by atoms with Gasteiger partial charge in [0.05, 0.1) is 4.90 Å². The maximum atomic E-state index is 13.1. The van der Waals surface area contributed by atoms with Crippen LogP contribution >= 0.6 is 0 Å². The van der Waals surface area contributed by atoms with Gasteiger partial charge in [0.25, 0.3) is 0 Å². The lowest BCUT2D eigenvalue weighted by atomic mass is 10.2.